The molecule has 1 amide bonds. The number of fused-ring (bicyclic) bond motifs is 2. The summed E-state index contributed by atoms with van der Waals surface area (Å²) in [5.41, 5.74) is 0.387. The highest BCUT2D eigenvalue weighted by atomic mass is 16.5. The fourth-order valence-electron chi connectivity index (χ4n) is 2.69. The molecule has 1 aromatic heterocycles. The summed E-state index contributed by atoms with van der Waals surface area (Å²) in [6, 6.07) is 1.09. The Hall–Kier alpha value is -2.15. The highest BCUT2D eigenvalue weighted by molar-refractivity contribution is 5.91. The Morgan fingerprint density at radius 3 is 2.89 bits per heavy atom. The third kappa shape index (κ3) is 1.74. The summed E-state index contributed by atoms with van der Waals surface area (Å²) < 4.78 is 7.07. The SMILES string of the molecule is O=C(NO)c1cc(=O)n2c(n1)C1(CCCC1)OC=C2. The highest BCUT2D eigenvalue weighted by Gasteiger charge is 2.42. The van der Waals surface area contributed by atoms with Crippen LogP contribution in [0.3, 0.4) is 0 Å². The molecule has 7 heteroatoms. The summed E-state index contributed by atoms with van der Waals surface area (Å²) in [5.74, 6) is -0.373. The summed E-state index contributed by atoms with van der Waals surface area (Å²) in [5, 5.41) is 8.65. The number of nitrogens with one attached hydrogen (secondary N) is 1. The van der Waals surface area contributed by atoms with Crippen LogP contribution in [-0.4, -0.2) is 20.7 Å². The number of hydrogen-bond donors (Lipinski definition) is 2. The van der Waals surface area contributed by atoms with E-state index in [-0.39, 0.29) is 11.3 Å². The van der Waals surface area contributed by atoms with Crippen molar-refractivity contribution in [3.63, 3.8) is 0 Å². The predicted molar refractivity (Wildman–Crippen MR) is 64.3 cm³/mol. The van der Waals surface area contributed by atoms with Gasteiger partial charge in [-0.15, -0.1) is 0 Å². The van der Waals surface area contributed by atoms with Crippen molar-refractivity contribution in [2.24, 2.45) is 0 Å². The van der Waals surface area contributed by atoms with Crippen LogP contribution in [-0.2, 0) is 10.3 Å². The van der Waals surface area contributed by atoms with Crippen molar-refractivity contribution in [1.29, 1.82) is 0 Å². The van der Waals surface area contributed by atoms with Crippen LogP contribution in [0.5, 0.6) is 0 Å². The number of carbonyl (C=O) groups is 1. The first-order chi connectivity index (χ1) is 9.16. The second kappa shape index (κ2) is 4.20. The predicted octanol–water partition coefficient (Wildman–Crippen LogP) is 0.590. The maximum atomic E-state index is 12.0. The van der Waals surface area contributed by atoms with Crippen LogP contribution in [0.15, 0.2) is 17.1 Å². The first-order valence-electron chi connectivity index (χ1n) is 6.09. The minimum atomic E-state index is -0.803. The van der Waals surface area contributed by atoms with E-state index < -0.39 is 11.5 Å². The second-order valence-corrected chi connectivity index (χ2v) is 4.72. The topological polar surface area (TPSA) is 93.5 Å². The zero-order chi connectivity index (χ0) is 13.5. The maximum Gasteiger partial charge on any atom is 0.293 e. The van der Waals surface area contributed by atoms with Crippen LogP contribution >= 0.6 is 0 Å². The molecule has 19 heavy (non-hydrogen) atoms. The van der Waals surface area contributed by atoms with Gasteiger partial charge in [-0.2, -0.15) is 0 Å². The Bertz CT molecular complexity index is 614. The molecule has 0 aromatic carbocycles. The van der Waals surface area contributed by atoms with E-state index in [0.717, 1.165) is 31.7 Å². The van der Waals surface area contributed by atoms with Crippen molar-refractivity contribution >= 4 is 12.1 Å². The lowest BCUT2D eigenvalue weighted by Crippen LogP contribution is -2.38. The van der Waals surface area contributed by atoms with E-state index in [0.29, 0.717) is 5.82 Å². The Kier molecular flexibility index (Phi) is 2.63. The molecule has 0 saturated heterocycles. The Morgan fingerprint density at radius 1 is 1.47 bits per heavy atom. The van der Waals surface area contributed by atoms with Crippen molar-refractivity contribution in [3.05, 3.63) is 34.2 Å². The van der Waals surface area contributed by atoms with E-state index in [1.54, 1.807) is 0 Å². The zero-order valence-electron chi connectivity index (χ0n) is 10.1. The lowest BCUT2D eigenvalue weighted by Gasteiger charge is -2.32. The minimum absolute atomic E-state index is 0.107. The molecular formula is C12H13N3O4. The van der Waals surface area contributed by atoms with Gasteiger partial charge in [0.15, 0.2) is 11.4 Å². The molecule has 1 aliphatic carbocycles. The summed E-state index contributed by atoms with van der Waals surface area (Å²) >= 11 is 0. The molecular weight excluding hydrogens is 250 g/mol. The standard InChI is InChI=1S/C12H13N3O4/c16-9-7-8(10(17)14-18)13-11-12(3-1-2-4-12)19-6-5-15(9)11/h5-7,18H,1-4H2,(H,14,17). The van der Waals surface area contributed by atoms with Crippen molar-refractivity contribution in [3.8, 4) is 0 Å². The number of hydrogen-bond acceptors (Lipinski definition) is 5. The molecule has 0 atom stereocenters. The second-order valence-electron chi connectivity index (χ2n) is 4.72. The van der Waals surface area contributed by atoms with Gasteiger partial charge in [-0.25, -0.2) is 10.5 Å². The van der Waals surface area contributed by atoms with Crippen molar-refractivity contribution in [1.82, 2.24) is 15.0 Å². The van der Waals surface area contributed by atoms with Gasteiger partial charge in [-0.3, -0.25) is 19.4 Å². The quantitative estimate of drug-likeness (QED) is 0.571. The number of carbonyl (C=O) groups excluding carboxylic acids is 1. The first kappa shape index (κ1) is 11.9. The van der Waals surface area contributed by atoms with Gasteiger partial charge in [0.05, 0.1) is 0 Å². The molecule has 0 bridgehead atoms. The summed E-state index contributed by atoms with van der Waals surface area (Å²) in [6.07, 6.45) is 6.48. The maximum absolute atomic E-state index is 12.0. The van der Waals surface area contributed by atoms with E-state index >= 15 is 0 Å². The highest BCUT2D eigenvalue weighted by Crippen LogP contribution is 2.42. The van der Waals surface area contributed by atoms with Gasteiger partial charge in [-0.1, -0.05) is 0 Å². The molecule has 1 aliphatic heterocycles. The molecule has 0 unspecified atom stereocenters. The average molecular weight is 263 g/mol. The molecule has 1 fully saturated rings. The Morgan fingerprint density at radius 2 is 2.21 bits per heavy atom. The average Bonchev–Trinajstić information content (AvgIpc) is 2.88. The summed E-state index contributed by atoms with van der Waals surface area (Å²) in [7, 11) is 0. The largest absolute Gasteiger partial charge is 0.485 e. The van der Waals surface area contributed by atoms with Crippen LogP contribution in [0.1, 0.15) is 42.0 Å². The molecule has 3 rings (SSSR count). The monoisotopic (exact) mass is 263 g/mol. The van der Waals surface area contributed by atoms with Gasteiger partial charge >= 0.3 is 0 Å². The molecule has 7 nitrogen and oxygen atoms in total. The van der Waals surface area contributed by atoms with Gasteiger partial charge < -0.3 is 4.74 Å². The first-order valence-corrected chi connectivity index (χ1v) is 6.09. The Balaban J connectivity index is 2.20. The van der Waals surface area contributed by atoms with E-state index in [1.165, 1.54) is 22.5 Å². The Labute approximate surface area is 108 Å². The van der Waals surface area contributed by atoms with Crippen LogP contribution in [0, 0.1) is 0 Å². The molecule has 100 valence electrons. The lowest BCUT2D eigenvalue weighted by molar-refractivity contribution is 0.00829. The van der Waals surface area contributed by atoms with Crippen LogP contribution < -0.4 is 11.0 Å². The lowest BCUT2D eigenvalue weighted by atomic mass is 9.99. The van der Waals surface area contributed by atoms with Crippen LogP contribution in [0.2, 0.25) is 0 Å². The molecule has 0 radical (unpaired) electrons. The van der Waals surface area contributed by atoms with E-state index in [9.17, 15) is 9.59 Å². The van der Waals surface area contributed by atoms with Gasteiger partial charge in [0, 0.05) is 12.3 Å². The summed E-state index contributed by atoms with van der Waals surface area (Å²) in [4.78, 5) is 27.6. The molecule has 1 spiro atoms. The van der Waals surface area contributed by atoms with Crippen molar-refractivity contribution < 1.29 is 14.7 Å². The van der Waals surface area contributed by atoms with E-state index in [1.807, 2.05) is 0 Å². The van der Waals surface area contributed by atoms with Crippen molar-refractivity contribution in [2.45, 2.75) is 31.3 Å². The fraction of sp³-hybridized carbons (Fsp3) is 0.417. The molecule has 2 aliphatic rings. The zero-order valence-corrected chi connectivity index (χ0v) is 10.1. The van der Waals surface area contributed by atoms with E-state index in [2.05, 4.69) is 4.98 Å². The van der Waals surface area contributed by atoms with Crippen molar-refractivity contribution in [2.75, 3.05) is 0 Å². The third-order valence-electron chi connectivity index (χ3n) is 3.61. The minimum Gasteiger partial charge on any atom is -0.485 e. The molecule has 2 N–H and O–H groups in total. The molecule has 2 heterocycles. The molecule has 1 aromatic rings. The fourth-order valence-corrected chi connectivity index (χ4v) is 2.69. The normalized spacial score (nSPS) is 19.0. The number of rotatable bonds is 1. The number of ether oxygens (including phenoxy) is 1. The summed E-state index contributed by atoms with van der Waals surface area (Å²) in [6.45, 7) is 0. The van der Waals surface area contributed by atoms with E-state index in [4.69, 9.17) is 9.94 Å². The third-order valence-corrected chi connectivity index (χ3v) is 3.61. The number of amides is 1. The smallest absolute Gasteiger partial charge is 0.293 e. The van der Waals surface area contributed by atoms with Gasteiger partial charge in [0.2, 0.25) is 0 Å². The number of nitrogens with zero attached hydrogens (tertiary/aromatic N) is 2. The number of aromatic nitrogens is 2. The van der Waals surface area contributed by atoms with Gasteiger partial charge in [0.25, 0.3) is 11.5 Å². The van der Waals surface area contributed by atoms with Gasteiger partial charge in [0.1, 0.15) is 12.0 Å². The van der Waals surface area contributed by atoms with Crippen LogP contribution in [0.4, 0.5) is 0 Å². The van der Waals surface area contributed by atoms with Gasteiger partial charge in [-0.05, 0) is 25.7 Å². The van der Waals surface area contributed by atoms with Crippen LogP contribution in [0.25, 0.3) is 6.20 Å². The number of hydroxylamine groups is 1. The molecule has 1 saturated carbocycles.